The predicted molar refractivity (Wildman–Crippen MR) is 71.6 cm³/mol. The van der Waals surface area contributed by atoms with Crippen LogP contribution in [0, 0.1) is 0 Å². The van der Waals surface area contributed by atoms with Crippen LogP contribution in [0.2, 0.25) is 0 Å². The van der Waals surface area contributed by atoms with Crippen molar-refractivity contribution in [2.75, 3.05) is 23.6 Å². The first-order valence-electron chi connectivity index (χ1n) is 5.43. The Morgan fingerprint density at radius 1 is 1.42 bits per heavy atom. The van der Waals surface area contributed by atoms with E-state index < -0.39 is 16.2 Å². The lowest BCUT2D eigenvalue weighted by Gasteiger charge is -2.14. The number of rotatable bonds is 6. The summed E-state index contributed by atoms with van der Waals surface area (Å²) in [5.41, 5.74) is 0. The molecule has 0 aliphatic carbocycles. The van der Waals surface area contributed by atoms with Crippen molar-refractivity contribution in [1.82, 2.24) is 14.5 Å². The second-order valence-electron chi connectivity index (χ2n) is 3.77. The Balaban J connectivity index is 1.97. The standard InChI is InChI=1S/C8H12N4O4S3/c13-6(14)5-17-8-10-9-7(18-8)11-19(15,16)12-3-1-2-4-12/h1-5H2,(H,9,11)(H,13,14). The molecular formula is C8H12N4O4S3. The number of hydrogen-bond donors (Lipinski definition) is 2. The molecule has 0 amide bonds. The van der Waals surface area contributed by atoms with Gasteiger partial charge in [0.25, 0.3) is 0 Å². The smallest absolute Gasteiger partial charge is 0.313 e. The van der Waals surface area contributed by atoms with Crippen molar-refractivity contribution in [2.45, 2.75) is 17.2 Å². The number of carboxylic acid groups (broad SMARTS) is 1. The van der Waals surface area contributed by atoms with Crippen LogP contribution in [0.15, 0.2) is 4.34 Å². The van der Waals surface area contributed by atoms with Crippen LogP contribution in [0.1, 0.15) is 12.8 Å². The topological polar surface area (TPSA) is 112 Å². The van der Waals surface area contributed by atoms with Gasteiger partial charge in [0.2, 0.25) is 5.13 Å². The van der Waals surface area contributed by atoms with Crippen LogP contribution in [0.3, 0.4) is 0 Å². The molecule has 0 saturated carbocycles. The highest BCUT2D eigenvalue weighted by atomic mass is 32.2. The van der Waals surface area contributed by atoms with Gasteiger partial charge in [0.15, 0.2) is 4.34 Å². The van der Waals surface area contributed by atoms with Crippen LogP contribution in [0.4, 0.5) is 5.13 Å². The van der Waals surface area contributed by atoms with Gasteiger partial charge in [-0.2, -0.15) is 12.7 Å². The van der Waals surface area contributed by atoms with Gasteiger partial charge in [-0.25, -0.2) is 4.72 Å². The summed E-state index contributed by atoms with van der Waals surface area (Å²) in [5, 5.41) is 16.1. The molecule has 0 aromatic carbocycles. The molecule has 1 aliphatic heterocycles. The fourth-order valence-electron chi connectivity index (χ4n) is 1.54. The number of thioether (sulfide) groups is 1. The number of carbonyl (C=O) groups is 1. The van der Waals surface area contributed by atoms with Crippen molar-refractivity contribution in [3.8, 4) is 0 Å². The van der Waals surface area contributed by atoms with E-state index in [0.29, 0.717) is 17.4 Å². The van der Waals surface area contributed by atoms with Gasteiger partial charge in [-0.05, 0) is 12.8 Å². The molecule has 0 unspecified atom stereocenters. The van der Waals surface area contributed by atoms with E-state index in [1.54, 1.807) is 0 Å². The molecular weight excluding hydrogens is 312 g/mol. The van der Waals surface area contributed by atoms with Crippen molar-refractivity contribution in [1.29, 1.82) is 0 Å². The number of nitrogens with zero attached hydrogens (tertiary/aromatic N) is 3. The molecule has 0 spiro atoms. The second-order valence-corrected chi connectivity index (χ2v) is 7.64. The molecule has 106 valence electrons. The van der Waals surface area contributed by atoms with Crippen molar-refractivity contribution in [3.63, 3.8) is 0 Å². The molecule has 8 nitrogen and oxygen atoms in total. The van der Waals surface area contributed by atoms with E-state index >= 15 is 0 Å². The van der Waals surface area contributed by atoms with Gasteiger partial charge in [-0.1, -0.05) is 23.1 Å². The van der Waals surface area contributed by atoms with Crippen LogP contribution < -0.4 is 4.72 Å². The first kappa shape index (κ1) is 14.5. The maximum Gasteiger partial charge on any atom is 0.313 e. The van der Waals surface area contributed by atoms with Crippen molar-refractivity contribution >= 4 is 44.4 Å². The van der Waals surface area contributed by atoms with Gasteiger partial charge < -0.3 is 5.11 Å². The molecule has 1 saturated heterocycles. The largest absolute Gasteiger partial charge is 0.481 e. The number of carboxylic acids is 1. The Morgan fingerprint density at radius 2 is 2.11 bits per heavy atom. The fraction of sp³-hybridized carbons (Fsp3) is 0.625. The zero-order valence-corrected chi connectivity index (χ0v) is 12.2. The monoisotopic (exact) mass is 324 g/mol. The lowest BCUT2D eigenvalue weighted by molar-refractivity contribution is -0.133. The summed E-state index contributed by atoms with van der Waals surface area (Å²) in [5.74, 6) is -1.09. The third kappa shape index (κ3) is 4.03. The van der Waals surface area contributed by atoms with Crippen molar-refractivity contribution < 1.29 is 18.3 Å². The van der Waals surface area contributed by atoms with Gasteiger partial charge in [0.05, 0.1) is 5.75 Å². The Morgan fingerprint density at radius 3 is 2.74 bits per heavy atom. The lowest BCUT2D eigenvalue weighted by atomic mass is 10.4. The van der Waals surface area contributed by atoms with E-state index in [1.807, 2.05) is 0 Å². The zero-order valence-electron chi connectivity index (χ0n) is 9.77. The summed E-state index contributed by atoms with van der Waals surface area (Å²) in [7, 11) is -3.57. The first-order chi connectivity index (χ1) is 8.97. The van der Waals surface area contributed by atoms with E-state index in [1.165, 1.54) is 4.31 Å². The summed E-state index contributed by atoms with van der Waals surface area (Å²) in [6.07, 6.45) is 1.72. The van der Waals surface area contributed by atoms with E-state index in [0.717, 1.165) is 35.9 Å². The summed E-state index contributed by atoms with van der Waals surface area (Å²) >= 11 is 2.03. The molecule has 1 aromatic heterocycles. The molecule has 2 N–H and O–H groups in total. The Kier molecular flexibility index (Phi) is 4.60. The van der Waals surface area contributed by atoms with E-state index in [2.05, 4.69) is 14.9 Å². The van der Waals surface area contributed by atoms with Gasteiger partial charge in [-0.3, -0.25) is 4.79 Å². The SMILES string of the molecule is O=C(O)CSc1nnc(NS(=O)(=O)N2CCCC2)s1. The molecule has 1 fully saturated rings. The van der Waals surface area contributed by atoms with Crippen LogP contribution in [0.25, 0.3) is 0 Å². The summed E-state index contributed by atoms with van der Waals surface area (Å²) < 4.78 is 28.0. The Hall–Kier alpha value is -0.910. The highest BCUT2D eigenvalue weighted by Crippen LogP contribution is 2.26. The third-order valence-electron chi connectivity index (χ3n) is 2.35. The summed E-state index contributed by atoms with van der Waals surface area (Å²) in [4.78, 5) is 10.4. The number of hydrogen-bond acceptors (Lipinski definition) is 7. The molecule has 11 heteroatoms. The highest BCUT2D eigenvalue weighted by Gasteiger charge is 2.26. The molecule has 2 rings (SSSR count). The van der Waals surface area contributed by atoms with Crippen LogP contribution in [0.5, 0.6) is 0 Å². The quantitative estimate of drug-likeness (QED) is 0.731. The van der Waals surface area contributed by atoms with Gasteiger partial charge in [0, 0.05) is 13.1 Å². The Labute approximate surface area is 118 Å². The average molecular weight is 324 g/mol. The van der Waals surface area contributed by atoms with Crippen molar-refractivity contribution in [2.24, 2.45) is 0 Å². The zero-order chi connectivity index (χ0) is 13.9. The molecule has 0 bridgehead atoms. The average Bonchev–Trinajstić information content (AvgIpc) is 2.96. The van der Waals surface area contributed by atoms with Crippen molar-refractivity contribution in [3.05, 3.63) is 0 Å². The normalized spacial score (nSPS) is 16.6. The number of anilines is 1. The van der Waals surface area contributed by atoms with Crippen LogP contribution in [-0.4, -0.2) is 52.8 Å². The van der Waals surface area contributed by atoms with Crippen LogP contribution in [-0.2, 0) is 15.0 Å². The van der Waals surface area contributed by atoms with Gasteiger partial charge in [0.1, 0.15) is 0 Å². The van der Waals surface area contributed by atoms with E-state index in [9.17, 15) is 13.2 Å². The summed E-state index contributed by atoms with van der Waals surface area (Å²) in [6.45, 7) is 1.02. The van der Waals surface area contributed by atoms with E-state index in [-0.39, 0.29) is 10.9 Å². The number of aliphatic carboxylic acids is 1. The minimum atomic E-state index is -3.57. The molecule has 19 heavy (non-hydrogen) atoms. The second kappa shape index (κ2) is 6.03. The van der Waals surface area contributed by atoms with Gasteiger partial charge in [-0.15, -0.1) is 10.2 Å². The molecule has 1 aliphatic rings. The van der Waals surface area contributed by atoms with E-state index in [4.69, 9.17) is 5.11 Å². The highest BCUT2D eigenvalue weighted by molar-refractivity contribution is 8.01. The predicted octanol–water partition coefficient (Wildman–Crippen LogP) is 0.467. The maximum absolute atomic E-state index is 11.9. The van der Waals surface area contributed by atoms with Gasteiger partial charge >= 0.3 is 16.2 Å². The third-order valence-corrected chi connectivity index (χ3v) is 5.93. The first-order valence-corrected chi connectivity index (χ1v) is 8.67. The fourth-order valence-corrected chi connectivity index (χ4v) is 4.47. The molecule has 0 radical (unpaired) electrons. The number of nitrogens with one attached hydrogen (secondary N) is 1. The molecule has 1 aromatic rings. The van der Waals surface area contributed by atoms with Crippen LogP contribution >= 0.6 is 23.1 Å². The maximum atomic E-state index is 11.9. The minimum absolute atomic E-state index is 0.131. The lowest BCUT2D eigenvalue weighted by Crippen LogP contribution is -2.33. The summed E-state index contributed by atoms with van der Waals surface area (Å²) in [6, 6.07) is 0. The molecule has 2 heterocycles. The molecule has 0 atom stereocenters. The minimum Gasteiger partial charge on any atom is -0.481 e. The number of aromatic nitrogens is 2. The Bertz CT molecular complexity index is 552.